The first-order valence-corrected chi connectivity index (χ1v) is 34.4. The molecule has 0 radical (unpaired) electrons. The van der Waals surface area contributed by atoms with Gasteiger partial charge >= 0.3 is 5.97 Å². The highest BCUT2D eigenvalue weighted by atomic mass is 16.5. The second kappa shape index (κ2) is 65.1. The summed E-state index contributed by atoms with van der Waals surface area (Å²) in [5, 5.41) is 23.4. The van der Waals surface area contributed by atoms with Gasteiger partial charge in [0.1, 0.15) is 0 Å². The van der Waals surface area contributed by atoms with Crippen LogP contribution in [0.5, 0.6) is 0 Å². The van der Waals surface area contributed by atoms with Crippen LogP contribution in [0.15, 0.2) is 12.2 Å². The van der Waals surface area contributed by atoms with Gasteiger partial charge < -0.3 is 20.3 Å². The number of nitrogens with one attached hydrogen (secondary N) is 1. The summed E-state index contributed by atoms with van der Waals surface area (Å²) in [5.74, 6) is -0.0190. The van der Waals surface area contributed by atoms with Crippen LogP contribution < -0.4 is 5.32 Å². The van der Waals surface area contributed by atoms with Crippen LogP contribution in [0, 0.1) is 0 Å². The van der Waals surface area contributed by atoms with E-state index in [4.69, 9.17) is 4.74 Å². The Kier molecular flexibility index (Phi) is 63.9. The van der Waals surface area contributed by atoms with Gasteiger partial charge in [0.15, 0.2) is 0 Å². The molecule has 446 valence electrons. The Labute approximate surface area is 469 Å². The van der Waals surface area contributed by atoms with Crippen LogP contribution in [0.1, 0.15) is 393 Å². The molecule has 0 bridgehead atoms. The number of hydrogen-bond donors (Lipinski definition) is 3. The number of carbonyl (C=O) groups excluding carboxylic acids is 2. The topological polar surface area (TPSA) is 95.9 Å². The molecule has 0 aromatic carbocycles. The van der Waals surface area contributed by atoms with Crippen molar-refractivity contribution in [3.05, 3.63) is 12.2 Å². The van der Waals surface area contributed by atoms with Gasteiger partial charge in [-0.3, -0.25) is 9.59 Å². The van der Waals surface area contributed by atoms with Crippen molar-refractivity contribution >= 4 is 11.9 Å². The van der Waals surface area contributed by atoms with Gasteiger partial charge in [-0.05, 0) is 51.4 Å². The third-order valence-electron chi connectivity index (χ3n) is 16.3. The lowest BCUT2D eigenvalue weighted by atomic mass is 10.0. The van der Waals surface area contributed by atoms with Gasteiger partial charge in [0.25, 0.3) is 0 Å². The van der Waals surface area contributed by atoms with Crippen molar-refractivity contribution in [3.8, 4) is 0 Å². The maximum absolute atomic E-state index is 12.5. The van der Waals surface area contributed by atoms with E-state index < -0.39 is 12.1 Å². The number of allylic oxidation sites excluding steroid dienone is 2. The van der Waals surface area contributed by atoms with E-state index in [0.717, 1.165) is 44.9 Å². The second-order valence-electron chi connectivity index (χ2n) is 23.9. The number of aliphatic hydroxyl groups excluding tert-OH is 2. The summed E-state index contributed by atoms with van der Waals surface area (Å²) < 4.78 is 5.51. The maximum atomic E-state index is 12.5. The molecule has 3 N–H and O–H groups in total. The maximum Gasteiger partial charge on any atom is 0.305 e. The Morgan fingerprint density at radius 1 is 0.360 bits per heavy atom. The lowest BCUT2D eigenvalue weighted by Gasteiger charge is -2.22. The van der Waals surface area contributed by atoms with Gasteiger partial charge in [-0.25, -0.2) is 0 Å². The Morgan fingerprint density at radius 3 is 0.947 bits per heavy atom. The molecule has 0 saturated carbocycles. The van der Waals surface area contributed by atoms with E-state index in [1.54, 1.807) is 0 Å². The first kappa shape index (κ1) is 73.6. The fourth-order valence-electron chi connectivity index (χ4n) is 11.1. The number of amides is 1. The van der Waals surface area contributed by atoms with Crippen molar-refractivity contribution in [1.82, 2.24) is 5.32 Å². The normalized spacial score (nSPS) is 12.5. The third kappa shape index (κ3) is 61.7. The molecule has 6 nitrogen and oxygen atoms in total. The van der Waals surface area contributed by atoms with Gasteiger partial charge in [-0.2, -0.15) is 0 Å². The highest BCUT2D eigenvalue weighted by Crippen LogP contribution is 2.19. The van der Waals surface area contributed by atoms with Crippen LogP contribution in [-0.2, 0) is 14.3 Å². The van der Waals surface area contributed by atoms with Crippen LogP contribution in [0.25, 0.3) is 0 Å². The molecule has 2 atom stereocenters. The van der Waals surface area contributed by atoms with Crippen LogP contribution in [-0.4, -0.2) is 47.4 Å². The number of carbonyl (C=O) groups is 2. The standard InChI is InChI=1S/C69H135NO5/c1-3-5-7-9-11-13-15-17-19-21-26-31-35-39-43-47-51-55-59-63-69(74)75-64-60-56-52-48-44-40-36-32-28-25-23-24-27-30-34-38-42-46-50-54-58-62-68(73)70-66(65-71)67(72)61-57-53-49-45-41-37-33-29-22-20-18-16-14-12-10-8-6-4-2/h17,19,66-67,71-72H,3-16,18,20-65H2,1-2H3,(H,70,73)/b19-17-. The van der Waals surface area contributed by atoms with Crippen molar-refractivity contribution in [2.45, 2.75) is 405 Å². The molecule has 0 aliphatic rings. The molecule has 0 aromatic heterocycles. The van der Waals surface area contributed by atoms with E-state index in [2.05, 4.69) is 31.3 Å². The molecule has 2 unspecified atom stereocenters. The largest absolute Gasteiger partial charge is 0.466 e. The van der Waals surface area contributed by atoms with E-state index in [1.807, 2.05) is 0 Å². The molecule has 6 heteroatoms. The number of unbranched alkanes of at least 4 members (excludes halogenated alkanes) is 52. The molecular weight excluding hydrogens is 923 g/mol. The summed E-state index contributed by atoms with van der Waals surface area (Å²) in [6.45, 7) is 4.99. The lowest BCUT2D eigenvalue weighted by Crippen LogP contribution is -2.45. The van der Waals surface area contributed by atoms with Crippen molar-refractivity contribution in [1.29, 1.82) is 0 Å². The predicted molar refractivity (Wildman–Crippen MR) is 329 cm³/mol. The average Bonchev–Trinajstić information content (AvgIpc) is 3.41. The van der Waals surface area contributed by atoms with Crippen molar-refractivity contribution in [3.63, 3.8) is 0 Å². The first-order valence-electron chi connectivity index (χ1n) is 34.4. The van der Waals surface area contributed by atoms with Crippen LogP contribution in [0.3, 0.4) is 0 Å². The average molecular weight is 1060 g/mol. The summed E-state index contributed by atoms with van der Waals surface area (Å²) in [6, 6.07) is -0.542. The molecule has 0 aliphatic heterocycles. The number of esters is 1. The lowest BCUT2D eigenvalue weighted by molar-refractivity contribution is -0.143. The Morgan fingerprint density at radius 2 is 0.627 bits per heavy atom. The Hall–Kier alpha value is -1.40. The number of rotatable bonds is 65. The minimum absolute atomic E-state index is 0.0128. The van der Waals surface area contributed by atoms with E-state index in [-0.39, 0.29) is 18.5 Å². The molecule has 0 heterocycles. The first-order chi connectivity index (χ1) is 37.0. The SMILES string of the molecule is CCCCCCCC/C=C\CCCCCCCCCCCC(=O)OCCCCCCCCCCCCCCCCCCCCCCCC(=O)NC(CO)C(O)CCCCCCCCCCCCCCCCCCCC. The molecule has 0 spiro atoms. The van der Waals surface area contributed by atoms with Crippen LogP contribution in [0.4, 0.5) is 0 Å². The fourth-order valence-corrected chi connectivity index (χ4v) is 11.1. The molecule has 0 saturated heterocycles. The molecule has 0 aliphatic carbocycles. The van der Waals surface area contributed by atoms with Crippen molar-refractivity contribution < 1.29 is 24.5 Å². The molecule has 0 fully saturated rings. The smallest absolute Gasteiger partial charge is 0.305 e. The minimum Gasteiger partial charge on any atom is -0.466 e. The van der Waals surface area contributed by atoms with E-state index in [0.29, 0.717) is 25.9 Å². The highest BCUT2D eigenvalue weighted by molar-refractivity contribution is 5.76. The zero-order valence-electron chi connectivity index (χ0n) is 51.1. The quantitative estimate of drug-likeness (QED) is 0.0320. The predicted octanol–water partition coefficient (Wildman–Crippen LogP) is 22.0. The summed E-state index contributed by atoms with van der Waals surface area (Å²) in [7, 11) is 0. The second-order valence-corrected chi connectivity index (χ2v) is 23.9. The zero-order chi connectivity index (χ0) is 54.3. The van der Waals surface area contributed by atoms with Crippen molar-refractivity contribution in [2.75, 3.05) is 13.2 Å². The van der Waals surface area contributed by atoms with Gasteiger partial charge in [-0.15, -0.1) is 0 Å². The monoisotopic (exact) mass is 1060 g/mol. The van der Waals surface area contributed by atoms with Crippen LogP contribution >= 0.6 is 0 Å². The van der Waals surface area contributed by atoms with E-state index in [9.17, 15) is 19.8 Å². The third-order valence-corrected chi connectivity index (χ3v) is 16.3. The van der Waals surface area contributed by atoms with Gasteiger partial charge in [0.2, 0.25) is 5.91 Å². The minimum atomic E-state index is -0.665. The molecular formula is C69H135NO5. The number of hydrogen-bond acceptors (Lipinski definition) is 5. The number of aliphatic hydroxyl groups is 2. The van der Waals surface area contributed by atoms with Crippen LogP contribution in [0.2, 0.25) is 0 Å². The summed E-state index contributed by atoms with van der Waals surface area (Å²) >= 11 is 0. The zero-order valence-corrected chi connectivity index (χ0v) is 51.1. The molecule has 1 amide bonds. The fraction of sp³-hybridized carbons (Fsp3) is 0.942. The van der Waals surface area contributed by atoms with Gasteiger partial charge in [0.05, 0.1) is 25.4 Å². The van der Waals surface area contributed by atoms with Gasteiger partial charge in [0, 0.05) is 12.8 Å². The van der Waals surface area contributed by atoms with E-state index in [1.165, 1.54) is 315 Å². The molecule has 75 heavy (non-hydrogen) atoms. The molecule has 0 rings (SSSR count). The summed E-state index contributed by atoms with van der Waals surface area (Å²) in [5.41, 5.74) is 0. The highest BCUT2D eigenvalue weighted by Gasteiger charge is 2.20. The summed E-state index contributed by atoms with van der Waals surface area (Å²) in [4.78, 5) is 24.6. The molecule has 0 aromatic rings. The van der Waals surface area contributed by atoms with Crippen molar-refractivity contribution in [2.24, 2.45) is 0 Å². The summed E-state index contributed by atoms with van der Waals surface area (Å²) in [6.07, 6.45) is 79.6. The van der Waals surface area contributed by atoms with Gasteiger partial charge in [-0.1, -0.05) is 341 Å². The van der Waals surface area contributed by atoms with E-state index >= 15 is 0 Å². The Bertz CT molecular complexity index is 1130. The number of ether oxygens (including phenoxy) is 1. The Balaban J connectivity index is 3.36.